The summed E-state index contributed by atoms with van der Waals surface area (Å²) in [5.41, 5.74) is 7.99. The average molecular weight is 310 g/mol. The maximum atomic E-state index is 12.7. The molecule has 1 unspecified atom stereocenters. The second-order valence-electron chi connectivity index (χ2n) is 5.96. The topological polar surface area (TPSA) is 46.3 Å². The summed E-state index contributed by atoms with van der Waals surface area (Å²) in [5, 5.41) is 0. The number of carbonyl (C=O) groups excluding carboxylic acids is 1. The van der Waals surface area contributed by atoms with Crippen molar-refractivity contribution in [1.82, 2.24) is 4.90 Å². The molecule has 3 nitrogen and oxygen atoms in total. The number of amides is 1. The minimum Gasteiger partial charge on any atom is -0.338 e. The average Bonchev–Trinajstić information content (AvgIpc) is 2.60. The summed E-state index contributed by atoms with van der Waals surface area (Å²) in [6.45, 7) is 4.08. The lowest BCUT2D eigenvalue weighted by molar-refractivity contribution is -0.132. The fourth-order valence-electron chi connectivity index (χ4n) is 2.67. The number of benzene rings is 2. The van der Waals surface area contributed by atoms with Crippen molar-refractivity contribution < 1.29 is 4.79 Å². The van der Waals surface area contributed by atoms with Crippen LogP contribution in [0.3, 0.4) is 0 Å². The zero-order valence-corrected chi connectivity index (χ0v) is 13.8. The quantitative estimate of drug-likeness (QED) is 0.810. The lowest BCUT2D eigenvalue weighted by Crippen LogP contribution is -2.33. The Bertz CT molecular complexity index is 583. The van der Waals surface area contributed by atoms with Gasteiger partial charge in [0.25, 0.3) is 0 Å². The Morgan fingerprint density at radius 3 is 2.26 bits per heavy atom. The maximum Gasteiger partial charge on any atom is 0.223 e. The van der Waals surface area contributed by atoms with Crippen LogP contribution in [0.2, 0.25) is 0 Å². The highest BCUT2D eigenvalue weighted by Gasteiger charge is 2.17. The van der Waals surface area contributed by atoms with Gasteiger partial charge in [0.15, 0.2) is 0 Å². The van der Waals surface area contributed by atoms with Crippen LogP contribution in [0.4, 0.5) is 0 Å². The smallest absolute Gasteiger partial charge is 0.223 e. The molecule has 0 aromatic heterocycles. The van der Waals surface area contributed by atoms with Crippen LogP contribution in [0.15, 0.2) is 60.7 Å². The van der Waals surface area contributed by atoms with Gasteiger partial charge >= 0.3 is 0 Å². The molecule has 3 heteroatoms. The molecule has 0 saturated heterocycles. The Labute approximate surface area is 139 Å². The Hall–Kier alpha value is -2.13. The largest absolute Gasteiger partial charge is 0.338 e. The van der Waals surface area contributed by atoms with E-state index in [0.29, 0.717) is 26.1 Å². The van der Waals surface area contributed by atoms with Crippen molar-refractivity contribution in [2.75, 3.05) is 13.1 Å². The lowest BCUT2D eigenvalue weighted by Gasteiger charge is -2.24. The molecule has 2 aromatic rings. The molecule has 1 atom stereocenters. The molecule has 0 aliphatic carbocycles. The van der Waals surface area contributed by atoms with Gasteiger partial charge in [0, 0.05) is 19.5 Å². The lowest BCUT2D eigenvalue weighted by atomic mass is 9.97. The van der Waals surface area contributed by atoms with Crippen molar-refractivity contribution in [3.63, 3.8) is 0 Å². The van der Waals surface area contributed by atoms with E-state index in [2.05, 4.69) is 31.2 Å². The van der Waals surface area contributed by atoms with Crippen LogP contribution in [0.5, 0.6) is 0 Å². The second-order valence-corrected chi connectivity index (χ2v) is 5.96. The Morgan fingerprint density at radius 1 is 1.04 bits per heavy atom. The molecule has 0 bridgehead atoms. The van der Waals surface area contributed by atoms with Gasteiger partial charge in [0.1, 0.15) is 0 Å². The van der Waals surface area contributed by atoms with Crippen molar-refractivity contribution in [3.05, 3.63) is 71.8 Å². The molecule has 23 heavy (non-hydrogen) atoms. The third-order valence-electron chi connectivity index (χ3n) is 4.05. The third kappa shape index (κ3) is 5.53. The van der Waals surface area contributed by atoms with E-state index in [-0.39, 0.29) is 11.8 Å². The van der Waals surface area contributed by atoms with Crippen LogP contribution in [0.1, 0.15) is 36.8 Å². The van der Waals surface area contributed by atoms with Crippen molar-refractivity contribution in [1.29, 1.82) is 0 Å². The van der Waals surface area contributed by atoms with Gasteiger partial charge in [0.05, 0.1) is 0 Å². The monoisotopic (exact) mass is 310 g/mol. The molecule has 0 spiro atoms. The molecule has 0 heterocycles. The Morgan fingerprint density at radius 2 is 1.65 bits per heavy atom. The van der Waals surface area contributed by atoms with Gasteiger partial charge in [-0.25, -0.2) is 0 Å². The highest BCUT2D eigenvalue weighted by molar-refractivity contribution is 5.77. The first-order valence-electron chi connectivity index (χ1n) is 8.27. The first-order chi connectivity index (χ1) is 11.2. The van der Waals surface area contributed by atoms with Crippen LogP contribution >= 0.6 is 0 Å². The summed E-state index contributed by atoms with van der Waals surface area (Å²) >= 11 is 0. The van der Waals surface area contributed by atoms with E-state index in [1.807, 2.05) is 41.3 Å². The molecule has 1 amide bonds. The summed E-state index contributed by atoms with van der Waals surface area (Å²) in [6.07, 6.45) is 1.36. The van der Waals surface area contributed by atoms with Crippen molar-refractivity contribution in [2.45, 2.75) is 32.2 Å². The zero-order valence-electron chi connectivity index (χ0n) is 13.8. The fourth-order valence-corrected chi connectivity index (χ4v) is 2.67. The summed E-state index contributed by atoms with van der Waals surface area (Å²) in [4.78, 5) is 14.7. The first kappa shape index (κ1) is 17.2. The Kier molecular flexibility index (Phi) is 6.82. The van der Waals surface area contributed by atoms with E-state index < -0.39 is 0 Å². The molecule has 0 radical (unpaired) electrons. The number of hydrogen-bond acceptors (Lipinski definition) is 2. The van der Waals surface area contributed by atoms with Gasteiger partial charge in [0.2, 0.25) is 5.91 Å². The maximum absolute atomic E-state index is 12.7. The van der Waals surface area contributed by atoms with Crippen LogP contribution in [-0.4, -0.2) is 23.9 Å². The van der Waals surface area contributed by atoms with Gasteiger partial charge in [-0.2, -0.15) is 0 Å². The molecule has 2 N–H and O–H groups in total. The van der Waals surface area contributed by atoms with E-state index >= 15 is 0 Å². The van der Waals surface area contributed by atoms with Crippen LogP contribution in [-0.2, 0) is 11.3 Å². The molecule has 2 rings (SSSR count). The first-order valence-corrected chi connectivity index (χ1v) is 8.27. The van der Waals surface area contributed by atoms with E-state index in [4.69, 9.17) is 5.73 Å². The second kappa shape index (κ2) is 9.11. The molecule has 0 fully saturated rings. The molecule has 0 saturated carbocycles. The van der Waals surface area contributed by atoms with E-state index in [9.17, 15) is 4.79 Å². The van der Waals surface area contributed by atoms with E-state index in [1.54, 1.807) is 0 Å². The van der Waals surface area contributed by atoms with Crippen LogP contribution < -0.4 is 5.73 Å². The third-order valence-corrected chi connectivity index (χ3v) is 4.05. The minimum atomic E-state index is 0.193. The van der Waals surface area contributed by atoms with Crippen LogP contribution in [0.25, 0.3) is 0 Å². The number of carbonyl (C=O) groups is 1. The van der Waals surface area contributed by atoms with Gasteiger partial charge in [-0.3, -0.25) is 4.79 Å². The highest BCUT2D eigenvalue weighted by atomic mass is 16.2. The zero-order chi connectivity index (χ0) is 16.5. The number of hydrogen-bond donors (Lipinski definition) is 1. The molecule has 0 aliphatic rings. The molecule has 2 aromatic carbocycles. The normalized spacial score (nSPS) is 11.9. The Balaban J connectivity index is 2.01. The van der Waals surface area contributed by atoms with Crippen molar-refractivity contribution in [3.8, 4) is 0 Å². The van der Waals surface area contributed by atoms with Gasteiger partial charge in [-0.15, -0.1) is 0 Å². The van der Waals surface area contributed by atoms with Crippen molar-refractivity contribution >= 4 is 5.91 Å². The van der Waals surface area contributed by atoms with Crippen molar-refractivity contribution in [2.24, 2.45) is 5.73 Å². The number of nitrogens with two attached hydrogens (primary N) is 1. The molecule has 0 aliphatic heterocycles. The molecular formula is C20H26N2O. The SMILES string of the molecule is CC(CC(=O)N(CCCN)Cc1ccccc1)c1ccccc1. The van der Waals surface area contributed by atoms with Crippen LogP contribution in [0, 0.1) is 0 Å². The molecular weight excluding hydrogens is 284 g/mol. The number of rotatable bonds is 8. The van der Waals surface area contributed by atoms with Gasteiger partial charge in [-0.05, 0) is 30.0 Å². The standard InChI is InChI=1S/C20H26N2O/c1-17(19-11-6-3-7-12-19)15-20(23)22(14-8-13-21)16-18-9-4-2-5-10-18/h2-7,9-12,17H,8,13-16,21H2,1H3. The predicted octanol–water partition coefficient (Wildman–Crippen LogP) is 3.56. The molecule has 122 valence electrons. The van der Waals surface area contributed by atoms with Gasteiger partial charge in [-0.1, -0.05) is 67.6 Å². The summed E-state index contributed by atoms with van der Waals surface area (Å²) < 4.78 is 0. The fraction of sp³-hybridized carbons (Fsp3) is 0.350. The van der Waals surface area contributed by atoms with E-state index in [0.717, 1.165) is 12.0 Å². The summed E-state index contributed by atoms with van der Waals surface area (Å²) in [7, 11) is 0. The minimum absolute atomic E-state index is 0.193. The van der Waals surface area contributed by atoms with E-state index in [1.165, 1.54) is 5.56 Å². The summed E-state index contributed by atoms with van der Waals surface area (Å²) in [6, 6.07) is 20.3. The predicted molar refractivity (Wildman–Crippen MR) is 95.0 cm³/mol. The highest BCUT2D eigenvalue weighted by Crippen LogP contribution is 2.20. The summed E-state index contributed by atoms with van der Waals surface area (Å²) in [5.74, 6) is 0.415. The van der Waals surface area contributed by atoms with Gasteiger partial charge < -0.3 is 10.6 Å². The number of nitrogens with zero attached hydrogens (tertiary/aromatic N) is 1.